The summed E-state index contributed by atoms with van der Waals surface area (Å²) < 4.78 is 6.34. The SMILES string of the molecule is CN[C@H]1CCN(c2c(-c3ccccc3)c(C)c(C#N)c3nc(C4CC4)oc23)C1. The van der Waals surface area contributed by atoms with E-state index in [0.717, 1.165) is 71.7 Å². The van der Waals surface area contributed by atoms with Crippen LogP contribution in [0.25, 0.3) is 22.2 Å². The number of fused-ring (bicyclic) bond motifs is 1. The minimum absolute atomic E-state index is 0.413. The van der Waals surface area contributed by atoms with Crippen molar-refractivity contribution in [3.63, 3.8) is 0 Å². The molecule has 2 aromatic carbocycles. The zero-order chi connectivity index (χ0) is 19.3. The number of nitrogens with zero attached hydrogens (tertiary/aromatic N) is 3. The van der Waals surface area contributed by atoms with Gasteiger partial charge in [-0.2, -0.15) is 5.26 Å². The molecule has 5 rings (SSSR count). The minimum atomic E-state index is 0.413. The largest absolute Gasteiger partial charge is 0.438 e. The lowest BCUT2D eigenvalue weighted by atomic mass is 9.93. The van der Waals surface area contributed by atoms with E-state index in [1.807, 2.05) is 32.2 Å². The first-order valence-corrected chi connectivity index (χ1v) is 10.1. The highest BCUT2D eigenvalue weighted by molar-refractivity contribution is 6.02. The molecule has 1 aromatic heterocycles. The molecule has 0 radical (unpaired) electrons. The molecular weight excluding hydrogens is 348 g/mol. The molecule has 1 saturated heterocycles. The number of nitrogens with one attached hydrogen (secondary N) is 1. The van der Waals surface area contributed by atoms with E-state index < -0.39 is 0 Å². The Morgan fingerprint density at radius 3 is 2.64 bits per heavy atom. The van der Waals surface area contributed by atoms with Crippen molar-refractivity contribution in [2.75, 3.05) is 25.0 Å². The maximum absolute atomic E-state index is 9.93. The highest BCUT2D eigenvalue weighted by Gasteiger charge is 2.34. The molecule has 2 aliphatic rings. The second-order valence-corrected chi connectivity index (χ2v) is 7.93. The van der Waals surface area contributed by atoms with Crippen LogP contribution in [0.1, 0.15) is 42.2 Å². The molecular formula is C23H24N4O. The predicted octanol–water partition coefficient (Wildman–Crippen LogP) is 4.35. The van der Waals surface area contributed by atoms with Crippen molar-refractivity contribution in [1.82, 2.24) is 10.3 Å². The average Bonchev–Trinajstić information content (AvgIpc) is 3.31. The molecule has 1 N–H and O–H groups in total. The normalized spacial score (nSPS) is 19.3. The number of oxazole rings is 1. The lowest BCUT2D eigenvalue weighted by Crippen LogP contribution is -2.30. The lowest BCUT2D eigenvalue weighted by molar-refractivity contribution is 0.532. The first-order valence-electron chi connectivity index (χ1n) is 10.1. The Balaban J connectivity index is 1.81. The van der Waals surface area contributed by atoms with Crippen LogP contribution in [0.5, 0.6) is 0 Å². The van der Waals surface area contributed by atoms with Crippen molar-refractivity contribution < 1.29 is 4.42 Å². The van der Waals surface area contributed by atoms with Crippen LogP contribution in [0.2, 0.25) is 0 Å². The van der Waals surface area contributed by atoms with E-state index >= 15 is 0 Å². The molecule has 28 heavy (non-hydrogen) atoms. The lowest BCUT2D eigenvalue weighted by Gasteiger charge is -2.24. The molecule has 3 aromatic rings. The number of anilines is 1. The summed E-state index contributed by atoms with van der Waals surface area (Å²) in [4.78, 5) is 7.19. The molecule has 1 atom stereocenters. The Labute approximate surface area is 165 Å². The quantitative estimate of drug-likeness (QED) is 0.737. The molecule has 0 spiro atoms. The molecule has 2 heterocycles. The molecule has 0 amide bonds. The summed E-state index contributed by atoms with van der Waals surface area (Å²) in [6.07, 6.45) is 3.34. The van der Waals surface area contributed by atoms with Gasteiger partial charge >= 0.3 is 0 Å². The molecule has 1 aliphatic heterocycles. The van der Waals surface area contributed by atoms with Crippen molar-refractivity contribution in [1.29, 1.82) is 5.26 Å². The third-order valence-corrected chi connectivity index (χ3v) is 6.10. The fourth-order valence-electron chi connectivity index (χ4n) is 4.36. The van der Waals surface area contributed by atoms with Crippen LogP contribution < -0.4 is 10.2 Å². The van der Waals surface area contributed by atoms with Gasteiger partial charge in [0.15, 0.2) is 11.5 Å². The highest BCUT2D eigenvalue weighted by atomic mass is 16.4. The zero-order valence-corrected chi connectivity index (χ0v) is 16.3. The van der Waals surface area contributed by atoms with Crippen LogP contribution in [0.4, 0.5) is 5.69 Å². The van der Waals surface area contributed by atoms with Crippen molar-refractivity contribution >= 4 is 16.8 Å². The smallest absolute Gasteiger partial charge is 0.198 e. The molecule has 1 saturated carbocycles. The first kappa shape index (κ1) is 17.3. The van der Waals surface area contributed by atoms with Crippen LogP contribution in [0.15, 0.2) is 34.7 Å². The van der Waals surface area contributed by atoms with E-state index in [4.69, 9.17) is 9.40 Å². The summed E-state index contributed by atoms with van der Waals surface area (Å²) in [6, 6.07) is 13.2. The number of nitriles is 1. The Kier molecular flexibility index (Phi) is 4.10. The van der Waals surface area contributed by atoms with Gasteiger partial charge in [0.25, 0.3) is 0 Å². The van der Waals surface area contributed by atoms with Gasteiger partial charge in [-0.15, -0.1) is 0 Å². The summed E-state index contributed by atoms with van der Waals surface area (Å²) in [5.41, 5.74) is 6.43. The van der Waals surface area contributed by atoms with E-state index in [1.165, 1.54) is 0 Å². The number of benzene rings is 2. The summed E-state index contributed by atoms with van der Waals surface area (Å²) >= 11 is 0. The second-order valence-electron chi connectivity index (χ2n) is 7.93. The molecule has 142 valence electrons. The molecule has 5 nitrogen and oxygen atoms in total. The maximum atomic E-state index is 9.93. The fraction of sp³-hybridized carbons (Fsp3) is 0.391. The van der Waals surface area contributed by atoms with Gasteiger partial charge in [-0.1, -0.05) is 30.3 Å². The Morgan fingerprint density at radius 2 is 2.00 bits per heavy atom. The van der Waals surface area contributed by atoms with E-state index in [9.17, 15) is 5.26 Å². The van der Waals surface area contributed by atoms with Gasteiger partial charge in [0.1, 0.15) is 11.6 Å². The van der Waals surface area contributed by atoms with E-state index in [2.05, 4.69) is 28.4 Å². The summed E-state index contributed by atoms with van der Waals surface area (Å²) in [6.45, 7) is 3.93. The Morgan fingerprint density at radius 1 is 1.21 bits per heavy atom. The number of hydrogen-bond donors (Lipinski definition) is 1. The molecule has 0 bridgehead atoms. The van der Waals surface area contributed by atoms with Crippen molar-refractivity contribution in [2.45, 2.75) is 38.1 Å². The minimum Gasteiger partial charge on any atom is -0.438 e. The van der Waals surface area contributed by atoms with E-state index in [-0.39, 0.29) is 0 Å². The average molecular weight is 372 g/mol. The number of rotatable bonds is 4. The van der Waals surface area contributed by atoms with Gasteiger partial charge in [0, 0.05) is 30.6 Å². The van der Waals surface area contributed by atoms with E-state index in [0.29, 0.717) is 17.5 Å². The Bertz CT molecular complexity index is 1080. The number of aromatic nitrogens is 1. The monoisotopic (exact) mass is 372 g/mol. The van der Waals surface area contributed by atoms with Crippen LogP contribution in [-0.4, -0.2) is 31.2 Å². The van der Waals surface area contributed by atoms with Crippen molar-refractivity contribution in [3.8, 4) is 17.2 Å². The van der Waals surface area contributed by atoms with Crippen LogP contribution in [0, 0.1) is 18.3 Å². The molecule has 2 fully saturated rings. The third-order valence-electron chi connectivity index (χ3n) is 6.10. The van der Waals surface area contributed by atoms with Crippen LogP contribution in [-0.2, 0) is 0 Å². The fourth-order valence-corrected chi connectivity index (χ4v) is 4.36. The summed E-state index contributed by atoms with van der Waals surface area (Å²) in [5, 5.41) is 13.3. The van der Waals surface area contributed by atoms with Crippen molar-refractivity contribution in [2.24, 2.45) is 0 Å². The second kappa shape index (κ2) is 6.65. The van der Waals surface area contributed by atoms with Gasteiger partial charge in [0.2, 0.25) is 0 Å². The Hall–Kier alpha value is -2.84. The summed E-state index contributed by atoms with van der Waals surface area (Å²) in [5.74, 6) is 1.21. The van der Waals surface area contributed by atoms with Gasteiger partial charge in [-0.25, -0.2) is 4.98 Å². The van der Waals surface area contributed by atoms with Gasteiger partial charge in [-0.05, 0) is 44.4 Å². The van der Waals surface area contributed by atoms with Gasteiger partial charge < -0.3 is 14.6 Å². The highest BCUT2D eigenvalue weighted by Crippen LogP contribution is 2.47. The van der Waals surface area contributed by atoms with E-state index in [1.54, 1.807) is 0 Å². The van der Waals surface area contributed by atoms with Crippen molar-refractivity contribution in [3.05, 3.63) is 47.3 Å². The summed E-state index contributed by atoms with van der Waals surface area (Å²) in [7, 11) is 2.02. The molecule has 5 heteroatoms. The topological polar surface area (TPSA) is 65.1 Å². The predicted molar refractivity (Wildman–Crippen MR) is 111 cm³/mol. The van der Waals surface area contributed by atoms with Crippen LogP contribution in [0.3, 0.4) is 0 Å². The number of hydrogen-bond acceptors (Lipinski definition) is 5. The zero-order valence-electron chi connectivity index (χ0n) is 16.3. The van der Waals surface area contributed by atoms with Gasteiger partial charge in [-0.3, -0.25) is 0 Å². The third kappa shape index (κ3) is 2.68. The molecule has 0 unspecified atom stereocenters. The van der Waals surface area contributed by atoms with Gasteiger partial charge in [0.05, 0.1) is 11.3 Å². The number of likely N-dealkylation sites (N-methyl/N-ethyl adjacent to an activating group) is 1. The maximum Gasteiger partial charge on any atom is 0.198 e. The molecule has 1 aliphatic carbocycles. The first-order chi connectivity index (χ1) is 13.7. The standard InChI is InChI=1S/C23H24N4O/c1-14-18(12-24)20-22(28-23(26-20)16-8-9-16)21(27-11-10-17(13-27)25-2)19(14)15-6-4-3-5-7-15/h3-7,16-17,25H,8-11,13H2,1-2H3/t17-/m0/s1. The van der Waals surface area contributed by atoms with Crippen LogP contribution >= 0.6 is 0 Å².